The van der Waals surface area contributed by atoms with Gasteiger partial charge < -0.3 is 19.5 Å². The second-order valence-electron chi connectivity index (χ2n) is 8.70. The number of carbonyl (C=O) groups is 2. The molecule has 1 saturated heterocycles. The molecule has 2 amide bonds. The maximum Gasteiger partial charge on any atom is 0.270 e. The van der Waals surface area contributed by atoms with Crippen molar-refractivity contribution < 1.29 is 23.8 Å². The number of thioether (sulfide) groups is 1. The molecule has 38 heavy (non-hydrogen) atoms. The Hall–Kier alpha value is -3.82. The van der Waals surface area contributed by atoms with Gasteiger partial charge in [-0.25, -0.2) is 0 Å². The number of thiocarbonyl (C=S) groups is 1. The fraction of sp³-hybridized carbons (Fsp3) is 0.207. The molecular formula is C29H28N2O5S2. The Kier molecular flexibility index (Phi) is 8.70. The molecule has 1 fully saturated rings. The first-order valence-corrected chi connectivity index (χ1v) is 13.1. The first-order chi connectivity index (χ1) is 18.3. The molecule has 1 aliphatic heterocycles. The lowest BCUT2D eigenvalue weighted by Crippen LogP contribution is -2.27. The van der Waals surface area contributed by atoms with E-state index in [1.807, 2.05) is 24.3 Å². The molecule has 1 N–H and O–H groups in total. The minimum atomic E-state index is -0.272. The highest BCUT2D eigenvalue weighted by atomic mass is 32.2. The minimum absolute atomic E-state index is 0.178. The lowest BCUT2D eigenvalue weighted by molar-refractivity contribution is -0.118. The van der Waals surface area contributed by atoms with Crippen LogP contribution in [0.15, 0.2) is 71.6 Å². The number of hydrogen-bond donors (Lipinski definition) is 1. The van der Waals surface area contributed by atoms with Crippen molar-refractivity contribution in [2.75, 3.05) is 31.0 Å². The van der Waals surface area contributed by atoms with Crippen LogP contribution < -0.4 is 24.4 Å². The molecule has 1 aliphatic rings. The standard InChI is InChI=1S/C29H28N2O5S2/c1-18(2)22-7-5-6-8-23(22)30-27(32)17-36-24-14-9-19(15-25(24)35-4)16-26-28(33)31(29(37)38-26)20-10-12-21(34-3)13-11-20/h5-16,18H,17H2,1-4H3,(H,30,32)/b26-16+. The molecule has 3 aromatic carbocycles. The highest BCUT2D eigenvalue weighted by Gasteiger charge is 2.33. The summed E-state index contributed by atoms with van der Waals surface area (Å²) in [4.78, 5) is 27.7. The summed E-state index contributed by atoms with van der Waals surface area (Å²) in [5.41, 5.74) is 3.23. The van der Waals surface area contributed by atoms with Crippen LogP contribution in [0.2, 0.25) is 0 Å². The molecule has 0 saturated carbocycles. The Morgan fingerprint density at radius 1 is 1.03 bits per heavy atom. The second kappa shape index (κ2) is 12.1. The predicted molar refractivity (Wildman–Crippen MR) is 156 cm³/mol. The third-order valence-electron chi connectivity index (χ3n) is 5.83. The zero-order chi connectivity index (χ0) is 27.2. The van der Waals surface area contributed by atoms with Crippen LogP contribution in [0.25, 0.3) is 6.08 Å². The number of carbonyl (C=O) groups excluding carboxylic acids is 2. The number of nitrogens with zero attached hydrogens (tertiary/aromatic N) is 1. The van der Waals surface area contributed by atoms with Crippen LogP contribution >= 0.6 is 24.0 Å². The van der Waals surface area contributed by atoms with E-state index in [0.29, 0.717) is 32.2 Å². The molecular weight excluding hydrogens is 520 g/mol. The Morgan fingerprint density at radius 2 is 1.76 bits per heavy atom. The molecule has 9 heteroatoms. The van der Waals surface area contributed by atoms with Crippen LogP contribution in [0.1, 0.15) is 30.9 Å². The number of rotatable bonds is 9. The molecule has 0 unspecified atom stereocenters. The SMILES string of the molecule is COc1ccc(N2C(=O)/C(=C\c3ccc(OCC(=O)Nc4ccccc4C(C)C)c(OC)c3)SC2=S)cc1. The maximum atomic E-state index is 13.1. The lowest BCUT2D eigenvalue weighted by Gasteiger charge is -2.15. The largest absolute Gasteiger partial charge is 0.497 e. The molecule has 0 bridgehead atoms. The molecule has 7 nitrogen and oxygen atoms in total. The number of benzene rings is 3. The van der Waals surface area contributed by atoms with Crippen LogP contribution in [0, 0.1) is 0 Å². The van der Waals surface area contributed by atoms with Gasteiger partial charge in [0.1, 0.15) is 5.75 Å². The Bertz CT molecular complexity index is 1390. The van der Waals surface area contributed by atoms with Crippen molar-refractivity contribution in [3.8, 4) is 17.2 Å². The predicted octanol–water partition coefficient (Wildman–Crippen LogP) is 6.25. The first-order valence-electron chi connectivity index (χ1n) is 11.9. The van der Waals surface area contributed by atoms with Crippen LogP contribution in [-0.2, 0) is 9.59 Å². The number of amides is 2. The van der Waals surface area contributed by atoms with Gasteiger partial charge in [-0.1, -0.05) is 62.1 Å². The average molecular weight is 549 g/mol. The average Bonchev–Trinajstić information content (AvgIpc) is 3.20. The summed E-state index contributed by atoms with van der Waals surface area (Å²) < 4.78 is 16.9. The monoisotopic (exact) mass is 548 g/mol. The minimum Gasteiger partial charge on any atom is -0.497 e. The third kappa shape index (κ3) is 6.17. The molecule has 3 aromatic rings. The molecule has 0 aromatic heterocycles. The molecule has 0 radical (unpaired) electrons. The van der Waals surface area contributed by atoms with Gasteiger partial charge in [-0.2, -0.15) is 0 Å². The summed E-state index contributed by atoms with van der Waals surface area (Å²) in [7, 11) is 3.11. The van der Waals surface area contributed by atoms with E-state index >= 15 is 0 Å². The van der Waals surface area contributed by atoms with Crippen molar-refractivity contribution in [2.45, 2.75) is 19.8 Å². The van der Waals surface area contributed by atoms with Crippen LogP contribution in [-0.4, -0.2) is 37.0 Å². The van der Waals surface area contributed by atoms with Crippen molar-refractivity contribution in [3.63, 3.8) is 0 Å². The molecule has 196 valence electrons. The van der Waals surface area contributed by atoms with Gasteiger partial charge in [-0.3, -0.25) is 14.5 Å². The van der Waals surface area contributed by atoms with Crippen LogP contribution in [0.5, 0.6) is 17.2 Å². The topological polar surface area (TPSA) is 77.1 Å². The third-order valence-corrected chi connectivity index (χ3v) is 7.13. The van der Waals surface area contributed by atoms with E-state index in [1.54, 1.807) is 55.7 Å². The summed E-state index contributed by atoms with van der Waals surface area (Å²) in [5.74, 6) is 1.36. The summed E-state index contributed by atoms with van der Waals surface area (Å²) in [6.07, 6.45) is 1.75. The fourth-order valence-electron chi connectivity index (χ4n) is 3.91. The first kappa shape index (κ1) is 27.2. The summed E-state index contributed by atoms with van der Waals surface area (Å²) in [5, 5.41) is 2.91. The van der Waals surface area contributed by atoms with Gasteiger partial charge >= 0.3 is 0 Å². The number of hydrogen-bond acceptors (Lipinski definition) is 7. The van der Waals surface area contributed by atoms with E-state index in [2.05, 4.69) is 19.2 Å². The van der Waals surface area contributed by atoms with E-state index in [4.69, 9.17) is 26.4 Å². The van der Waals surface area contributed by atoms with Crippen molar-refractivity contribution in [1.29, 1.82) is 0 Å². The molecule has 0 atom stereocenters. The van der Waals surface area contributed by atoms with Gasteiger partial charge in [0.15, 0.2) is 22.4 Å². The smallest absolute Gasteiger partial charge is 0.270 e. The number of anilines is 2. The van der Waals surface area contributed by atoms with Crippen molar-refractivity contribution in [3.05, 3.63) is 82.8 Å². The number of methoxy groups -OCH3 is 2. The Labute approximate surface area is 231 Å². The highest BCUT2D eigenvalue weighted by molar-refractivity contribution is 8.27. The van der Waals surface area contributed by atoms with Crippen molar-refractivity contribution in [2.24, 2.45) is 0 Å². The van der Waals surface area contributed by atoms with Gasteiger partial charge in [0.05, 0.1) is 24.8 Å². The van der Waals surface area contributed by atoms with Crippen LogP contribution in [0.4, 0.5) is 11.4 Å². The summed E-state index contributed by atoms with van der Waals surface area (Å²) in [6, 6.07) is 20.1. The lowest BCUT2D eigenvalue weighted by atomic mass is 10.0. The highest BCUT2D eigenvalue weighted by Crippen LogP contribution is 2.37. The Balaban J connectivity index is 1.44. The summed E-state index contributed by atoms with van der Waals surface area (Å²) in [6.45, 7) is 3.97. The molecule has 1 heterocycles. The normalized spacial score (nSPS) is 14.2. The van der Waals surface area contributed by atoms with Crippen LogP contribution in [0.3, 0.4) is 0 Å². The number of ether oxygens (including phenoxy) is 3. The van der Waals surface area contributed by atoms with E-state index in [-0.39, 0.29) is 24.3 Å². The quantitative estimate of drug-likeness (QED) is 0.250. The van der Waals surface area contributed by atoms with E-state index in [0.717, 1.165) is 16.8 Å². The van der Waals surface area contributed by atoms with Gasteiger partial charge in [0.25, 0.3) is 11.8 Å². The van der Waals surface area contributed by atoms with Gasteiger partial charge in [-0.15, -0.1) is 0 Å². The van der Waals surface area contributed by atoms with Gasteiger partial charge in [0, 0.05) is 5.69 Å². The van der Waals surface area contributed by atoms with E-state index in [1.165, 1.54) is 23.8 Å². The zero-order valence-corrected chi connectivity index (χ0v) is 23.2. The molecule has 0 spiro atoms. The van der Waals surface area contributed by atoms with Crippen molar-refractivity contribution in [1.82, 2.24) is 0 Å². The van der Waals surface area contributed by atoms with E-state index < -0.39 is 0 Å². The summed E-state index contributed by atoms with van der Waals surface area (Å²) >= 11 is 6.69. The van der Waals surface area contributed by atoms with E-state index in [9.17, 15) is 9.59 Å². The van der Waals surface area contributed by atoms with Crippen molar-refractivity contribution >= 4 is 57.6 Å². The molecule has 4 rings (SSSR count). The number of para-hydroxylation sites is 1. The second-order valence-corrected chi connectivity index (χ2v) is 10.4. The maximum absolute atomic E-state index is 13.1. The zero-order valence-electron chi connectivity index (χ0n) is 21.5. The fourth-order valence-corrected chi connectivity index (χ4v) is 5.21. The van der Waals surface area contributed by atoms with Gasteiger partial charge in [0.2, 0.25) is 0 Å². The molecule has 0 aliphatic carbocycles. The van der Waals surface area contributed by atoms with Gasteiger partial charge in [-0.05, 0) is 65.6 Å². The Morgan fingerprint density at radius 3 is 2.45 bits per heavy atom. The number of nitrogens with one attached hydrogen (secondary N) is 1.